The van der Waals surface area contributed by atoms with Gasteiger partial charge in [0.25, 0.3) is 0 Å². The summed E-state index contributed by atoms with van der Waals surface area (Å²) in [4.78, 5) is 0. The minimum atomic E-state index is -0.430. The van der Waals surface area contributed by atoms with Gasteiger partial charge in [-0.2, -0.15) is 5.26 Å². The topological polar surface area (TPSA) is 54.3 Å². The Hall–Kier alpha value is -1.44. The lowest BCUT2D eigenvalue weighted by Gasteiger charge is -2.26. The molecular weight excluding hydrogens is 288 g/mol. The van der Waals surface area contributed by atoms with Gasteiger partial charge in [-0.15, -0.1) is 0 Å². The third-order valence-corrected chi connectivity index (χ3v) is 4.35. The van der Waals surface area contributed by atoms with E-state index in [1.54, 1.807) is 20.3 Å². The lowest BCUT2D eigenvalue weighted by Crippen LogP contribution is -2.34. The first-order chi connectivity index (χ1) is 10.2. The number of methoxy groups -OCH3 is 2. The molecule has 114 valence electrons. The van der Waals surface area contributed by atoms with Crippen LogP contribution in [0, 0.1) is 11.3 Å². The van der Waals surface area contributed by atoms with Crippen LogP contribution in [0.5, 0.6) is 11.5 Å². The predicted octanol–water partition coefficient (Wildman–Crippen LogP) is 3.84. The lowest BCUT2D eigenvalue weighted by molar-refractivity contribution is 0.350. The fourth-order valence-corrected chi connectivity index (χ4v) is 3.17. The summed E-state index contributed by atoms with van der Waals surface area (Å²) in [5.41, 5.74) is 0.738. The Morgan fingerprint density at radius 2 is 1.95 bits per heavy atom. The Balaban J connectivity index is 2.23. The Bertz CT molecular complexity index is 522. The van der Waals surface area contributed by atoms with Gasteiger partial charge in [-0.05, 0) is 18.9 Å². The van der Waals surface area contributed by atoms with Crippen LogP contribution in [0.3, 0.4) is 0 Å². The van der Waals surface area contributed by atoms with Crippen LogP contribution in [0.1, 0.15) is 43.7 Å². The van der Waals surface area contributed by atoms with Crippen LogP contribution in [0.2, 0.25) is 5.02 Å². The van der Waals surface area contributed by atoms with Crippen LogP contribution in [0.4, 0.5) is 0 Å². The van der Waals surface area contributed by atoms with Crippen LogP contribution in [-0.2, 0) is 0 Å². The number of ether oxygens (including phenoxy) is 2. The highest BCUT2D eigenvalue weighted by molar-refractivity contribution is 6.33. The fraction of sp³-hybridized carbons (Fsp3) is 0.562. The van der Waals surface area contributed by atoms with Gasteiger partial charge in [-0.25, -0.2) is 0 Å². The molecule has 4 nitrogen and oxygen atoms in total. The van der Waals surface area contributed by atoms with Crippen molar-refractivity contribution in [2.24, 2.45) is 0 Å². The van der Waals surface area contributed by atoms with Crippen molar-refractivity contribution in [2.75, 3.05) is 14.2 Å². The van der Waals surface area contributed by atoms with Crippen LogP contribution < -0.4 is 14.8 Å². The number of nitriles is 1. The Kier molecular flexibility index (Phi) is 5.72. The summed E-state index contributed by atoms with van der Waals surface area (Å²) in [6.07, 6.45) is 5.95. The van der Waals surface area contributed by atoms with E-state index in [4.69, 9.17) is 21.1 Å². The molecule has 0 aliphatic heterocycles. The summed E-state index contributed by atoms with van der Waals surface area (Å²) >= 11 is 6.39. The molecule has 1 aromatic carbocycles. The van der Waals surface area contributed by atoms with E-state index in [0.29, 0.717) is 22.6 Å². The molecule has 1 aliphatic rings. The number of rotatable bonds is 5. The summed E-state index contributed by atoms with van der Waals surface area (Å²) in [7, 11) is 3.11. The average molecular weight is 309 g/mol. The van der Waals surface area contributed by atoms with Crippen molar-refractivity contribution in [3.8, 4) is 17.6 Å². The van der Waals surface area contributed by atoms with Crippen molar-refractivity contribution < 1.29 is 9.47 Å². The van der Waals surface area contributed by atoms with E-state index in [1.807, 2.05) is 6.07 Å². The first-order valence-corrected chi connectivity index (χ1v) is 7.65. The third kappa shape index (κ3) is 3.61. The molecule has 1 fully saturated rings. The zero-order chi connectivity index (χ0) is 15.2. The highest BCUT2D eigenvalue weighted by atomic mass is 35.5. The molecule has 5 heteroatoms. The van der Waals surface area contributed by atoms with Crippen molar-refractivity contribution in [1.82, 2.24) is 5.32 Å². The molecule has 0 heterocycles. The van der Waals surface area contributed by atoms with E-state index in [2.05, 4.69) is 11.4 Å². The SMILES string of the molecule is COc1ccc(C(C#N)NC2CCCCC2)c(Cl)c1OC. The maximum Gasteiger partial charge on any atom is 0.179 e. The van der Waals surface area contributed by atoms with Crippen LogP contribution in [0.25, 0.3) is 0 Å². The molecule has 1 aromatic rings. The third-order valence-electron chi connectivity index (χ3n) is 3.96. The van der Waals surface area contributed by atoms with Gasteiger partial charge in [0, 0.05) is 11.6 Å². The quantitative estimate of drug-likeness (QED) is 0.898. The summed E-state index contributed by atoms with van der Waals surface area (Å²) < 4.78 is 10.5. The van der Waals surface area contributed by atoms with Gasteiger partial charge in [0.2, 0.25) is 0 Å². The van der Waals surface area contributed by atoms with Crippen molar-refractivity contribution in [2.45, 2.75) is 44.2 Å². The first-order valence-electron chi connectivity index (χ1n) is 7.27. The fourth-order valence-electron chi connectivity index (χ4n) is 2.83. The average Bonchev–Trinajstić information content (AvgIpc) is 2.53. The molecule has 0 amide bonds. The second-order valence-electron chi connectivity index (χ2n) is 5.27. The molecule has 2 rings (SSSR count). The van der Waals surface area contributed by atoms with Gasteiger partial charge in [-0.3, -0.25) is 5.32 Å². The summed E-state index contributed by atoms with van der Waals surface area (Å²) in [6.45, 7) is 0. The maximum absolute atomic E-state index is 9.48. The minimum absolute atomic E-state index is 0.382. The normalized spacial score (nSPS) is 17.0. The number of nitrogens with zero attached hydrogens (tertiary/aromatic N) is 1. The molecule has 0 spiro atoms. The molecule has 1 saturated carbocycles. The van der Waals surface area contributed by atoms with Gasteiger partial charge < -0.3 is 9.47 Å². The zero-order valence-electron chi connectivity index (χ0n) is 12.5. The predicted molar refractivity (Wildman–Crippen MR) is 82.9 cm³/mol. The van der Waals surface area contributed by atoms with Crippen molar-refractivity contribution >= 4 is 11.6 Å². The Morgan fingerprint density at radius 3 is 2.52 bits per heavy atom. The van der Waals surface area contributed by atoms with Gasteiger partial charge in [-0.1, -0.05) is 36.9 Å². The number of hydrogen-bond donors (Lipinski definition) is 1. The highest BCUT2D eigenvalue weighted by Crippen LogP contribution is 2.39. The molecule has 0 radical (unpaired) electrons. The van der Waals surface area contributed by atoms with E-state index >= 15 is 0 Å². The number of benzene rings is 1. The Labute approximate surface area is 131 Å². The summed E-state index contributed by atoms with van der Waals surface area (Å²) in [5, 5.41) is 13.3. The van der Waals surface area contributed by atoms with Gasteiger partial charge in [0.1, 0.15) is 6.04 Å². The maximum atomic E-state index is 9.48. The number of nitrogens with one attached hydrogen (secondary N) is 1. The van der Waals surface area contributed by atoms with Crippen LogP contribution >= 0.6 is 11.6 Å². The lowest BCUT2D eigenvalue weighted by atomic mass is 9.94. The van der Waals surface area contributed by atoms with Gasteiger partial charge in [0.15, 0.2) is 11.5 Å². The molecule has 0 aromatic heterocycles. The summed E-state index contributed by atoms with van der Waals surface area (Å²) in [5.74, 6) is 1.04. The monoisotopic (exact) mass is 308 g/mol. The largest absolute Gasteiger partial charge is 0.493 e. The van der Waals surface area contributed by atoms with Crippen molar-refractivity contribution in [1.29, 1.82) is 5.26 Å². The van der Waals surface area contributed by atoms with Gasteiger partial charge in [0.05, 0.1) is 25.3 Å². The smallest absolute Gasteiger partial charge is 0.179 e. The molecular formula is C16H21ClN2O2. The number of hydrogen-bond acceptors (Lipinski definition) is 4. The molecule has 0 saturated heterocycles. The van der Waals surface area contributed by atoms with Crippen molar-refractivity contribution in [3.05, 3.63) is 22.7 Å². The number of halogens is 1. The van der Waals surface area contributed by atoms with Gasteiger partial charge >= 0.3 is 0 Å². The van der Waals surface area contributed by atoms with Crippen molar-refractivity contribution in [3.63, 3.8) is 0 Å². The molecule has 1 aliphatic carbocycles. The van der Waals surface area contributed by atoms with E-state index in [9.17, 15) is 5.26 Å². The molecule has 21 heavy (non-hydrogen) atoms. The van der Waals surface area contributed by atoms with Crippen LogP contribution in [0.15, 0.2) is 12.1 Å². The minimum Gasteiger partial charge on any atom is -0.493 e. The van der Waals surface area contributed by atoms with E-state index in [0.717, 1.165) is 18.4 Å². The molecule has 0 bridgehead atoms. The van der Waals surface area contributed by atoms with E-state index < -0.39 is 6.04 Å². The Morgan fingerprint density at radius 1 is 1.24 bits per heavy atom. The second-order valence-corrected chi connectivity index (χ2v) is 5.65. The van der Waals surface area contributed by atoms with E-state index in [-0.39, 0.29) is 0 Å². The molecule has 1 atom stereocenters. The molecule has 1 N–H and O–H groups in total. The van der Waals surface area contributed by atoms with E-state index in [1.165, 1.54) is 19.3 Å². The van der Waals surface area contributed by atoms with Crippen LogP contribution in [-0.4, -0.2) is 20.3 Å². The molecule has 1 unspecified atom stereocenters. The second kappa shape index (κ2) is 7.53. The zero-order valence-corrected chi connectivity index (χ0v) is 13.2. The highest BCUT2D eigenvalue weighted by Gasteiger charge is 2.23. The first kappa shape index (κ1) is 15.9. The standard InChI is InChI=1S/C16H21ClN2O2/c1-20-14-9-8-12(15(17)16(14)21-2)13(10-18)19-11-6-4-3-5-7-11/h8-9,11,13,19H,3-7H2,1-2H3. The summed E-state index contributed by atoms with van der Waals surface area (Å²) in [6, 6.07) is 5.87.